The Morgan fingerprint density at radius 2 is 1.95 bits per heavy atom. The van der Waals surface area contributed by atoms with Crippen molar-refractivity contribution in [2.24, 2.45) is 0 Å². The van der Waals surface area contributed by atoms with Gasteiger partial charge >= 0.3 is 0 Å². The van der Waals surface area contributed by atoms with Crippen LogP contribution in [0.25, 0.3) is 0 Å². The quantitative estimate of drug-likeness (QED) is 0.874. The van der Waals surface area contributed by atoms with Gasteiger partial charge in [0.15, 0.2) is 5.13 Å². The van der Waals surface area contributed by atoms with Crippen molar-refractivity contribution in [1.82, 2.24) is 10.3 Å². The molecular weight excluding hydrogens is 266 g/mol. The number of thiazole rings is 1. The Morgan fingerprint density at radius 1 is 1.25 bits per heavy atom. The predicted molar refractivity (Wildman–Crippen MR) is 88.1 cm³/mol. The summed E-state index contributed by atoms with van der Waals surface area (Å²) < 4.78 is 0. The van der Waals surface area contributed by atoms with Crippen molar-refractivity contribution in [2.45, 2.75) is 33.2 Å². The highest BCUT2D eigenvalue weighted by Gasteiger charge is 2.14. The van der Waals surface area contributed by atoms with E-state index in [-0.39, 0.29) is 0 Å². The smallest absolute Gasteiger partial charge is 0.190 e. The summed E-state index contributed by atoms with van der Waals surface area (Å²) in [4.78, 5) is 8.34. The first-order valence-electron chi connectivity index (χ1n) is 7.09. The van der Waals surface area contributed by atoms with Gasteiger partial charge in [-0.1, -0.05) is 42.4 Å². The van der Waals surface area contributed by atoms with Gasteiger partial charge in [-0.05, 0) is 32.5 Å². The molecule has 1 aromatic heterocycles. The second kappa shape index (κ2) is 6.86. The Labute approximate surface area is 125 Å². The van der Waals surface area contributed by atoms with E-state index in [9.17, 15) is 0 Å². The molecular formula is C16H23N3S. The zero-order valence-electron chi connectivity index (χ0n) is 12.7. The Bertz CT molecular complexity index is 522. The minimum absolute atomic E-state index is 0.898. The molecule has 0 radical (unpaired) electrons. The molecule has 2 rings (SSSR count). The molecule has 1 aromatic carbocycles. The fourth-order valence-corrected chi connectivity index (χ4v) is 3.22. The lowest BCUT2D eigenvalue weighted by atomic mass is 10.2. The molecule has 20 heavy (non-hydrogen) atoms. The van der Waals surface area contributed by atoms with Crippen LogP contribution >= 0.6 is 11.3 Å². The summed E-state index contributed by atoms with van der Waals surface area (Å²) in [5.41, 5.74) is 3.70. The Kier molecular flexibility index (Phi) is 5.15. The van der Waals surface area contributed by atoms with E-state index < -0.39 is 0 Å². The molecule has 0 spiro atoms. The third-order valence-corrected chi connectivity index (χ3v) is 4.47. The van der Waals surface area contributed by atoms with Crippen LogP contribution in [0.4, 0.5) is 10.8 Å². The minimum Gasteiger partial charge on any atom is -0.321 e. The molecule has 0 aliphatic rings. The lowest BCUT2D eigenvalue weighted by Gasteiger charge is -2.15. The maximum absolute atomic E-state index is 4.82. The fourth-order valence-electron chi connectivity index (χ4n) is 2.12. The van der Waals surface area contributed by atoms with Gasteiger partial charge in [0, 0.05) is 24.2 Å². The molecule has 0 atom stereocenters. The fraction of sp³-hybridized carbons (Fsp3) is 0.438. The van der Waals surface area contributed by atoms with Gasteiger partial charge in [0.1, 0.15) is 0 Å². The number of rotatable bonds is 6. The average molecular weight is 289 g/mol. The van der Waals surface area contributed by atoms with Gasteiger partial charge in [-0.2, -0.15) is 0 Å². The van der Waals surface area contributed by atoms with Gasteiger partial charge in [-0.15, -0.1) is 0 Å². The van der Waals surface area contributed by atoms with Crippen LogP contribution in [-0.2, 0) is 13.0 Å². The number of hydrogen-bond donors (Lipinski definition) is 1. The molecule has 3 nitrogen and oxygen atoms in total. The third-order valence-electron chi connectivity index (χ3n) is 3.30. The van der Waals surface area contributed by atoms with Crippen LogP contribution in [0.1, 0.15) is 29.5 Å². The SMILES string of the molecule is CCCc1nc(N(C)c2ccc(C)cc2)sc1CNC. The highest BCUT2D eigenvalue weighted by atomic mass is 32.1. The van der Waals surface area contributed by atoms with Crippen LogP contribution in [-0.4, -0.2) is 19.1 Å². The van der Waals surface area contributed by atoms with E-state index in [1.54, 1.807) is 11.3 Å². The van der Waals surface area contributed by atoms with Crippen molar-refractivity contribution in [3.8, 4) is 0 Å². The summed E-state index contributed by atoms with van der Waals surface area (Å²) in [6, 6.07) is 8.57. The van der Waals surface area contributed by atoms with Crippen LogP contribution in [0.2, 0.25) is 0 Å². The van der Waals surface area contributed by atoms with E-state index in [2.05, 4.69) is 55.4 Å². The number of aromatic nitrogens is 1. The number of benzene rings is 1. The summed E-state index contributed by atoms with van der Waals surface area (Å²) >= 11 is 1.78. The second-order valence-corrected chi connectivity index (χ2v) is 6.10. The van der Waals surface area contributed by atoms with Crippen molar-refractivity contribution in [1.29, 1.82) is 0 Å². The average Bonchev–Trinajstić information content (AvgIpc) is 2.83. The zero-order valence-corrected chi connectivity index (χ0v) is 13.5. The van der Waals surface area contributed by atoms with E-state index in [1.807, 2.05) is 7.05 Å². The minimum atomic E-state index is 0.898. The van der Waals surface area contributed by atoms with E-state index in [0.717, 1.165) is 24.5 Å². The van der Waals surface area contributed by atoms with E-state index in [0.29, 0.717) is 0 Å². The number of nitrogens with one attached hydrogen (secondary N) is 1. The van der Waals surface area contributed by atoms with E-state index in [4.69, 9.17) is 4.98 Å². The Balaban J connectivity index is 2.27. The molecule has 1 N–H and O–H groups in total. The van der Waals surface area contributed by atoms with Gasteiger partial charge in [-0.3, -0.25) is 0 Å². The van der Waals surface area contributed by atoms with Gasteiger partial charge in [-0.25, -0.2) is 4.98 Å². The number of anilines is 2. The normalized spacial score (nSPS) is 10.8. The van der Waals surface area contributed by atoms with Crippen molar-refractivity contribution in [3.05, 3.63) is 40.4 Å². The lowest BCUT2D eigenvalue weighted by molar-refractivity contribution is 0.798. The van der Waals surface area contributed by atoms with Gasteiger partial charge in [0.25, 0.3) is 0 Å². The number of nitrogens with zero attached hydrogens (tertiary/aromatic N) is 2. The molecule has 1 heterocycles. The zero-order chi connectivity index (χ0) is 14.5. The third kappa shape index (κ3) is 3.38. The van der Waals surface area contributed by atoms with Crippen molar-refractivity contribution < 1.29 is 0 Å². The standard InChI is InChI=1S/C16H23N3S/c1-5-6-14-15(11-17-3)20-16(18-14)19(4)13-9-7-12(2)8-10-13/h7-10,17H,5-6,11H2,1-4H3. The molecule has 0 amide bonds. The molecule has 0 unspecified atom stereocenters. The lowest BCUT2D eigenvalue weighted by Crippen LogP contribution is -2.09. The molecule has 0 saturated carbocycles. The maximum atomic E-state index is 4.82. The number of aryl methyl sites for hydroxylation is 2. The molecule has 0 bridgehead atoms. The monoisotopic (exact) mass is 289 g/mol. The van der Waals surface area contributed by atoms with Crippen LogP contribution < -0.4 is 10.2 Å². The van der Waals surface area contributed by atoms with Gasteiger partial charge in [0.05, 0.1) is 5.69 Å². The van der Waals surface area contributed by atoms with Crippen molar-refractivity contribution >= 4 is 22.2 Å². The van der Waals surface area contributed by atoms with Crippen molar-refractivity contribution in [3.63, 3.8) is 0 Å². The Hall–Kier alpha value is -1.39. The second-order valence-electron chi connectivity index (χ2n) is 5.04. The first kappa shape index (κ1) is 15.0. The summed E-state index contributed by atoms with van der Waals surface area (Å²) in [6.07, 6.45) is 2.18. The molecule has 108 valence electrons. The summed E-state index contributed by atoms with van der Waals surface area (Å²) in [6.45, 7) is 5.21. The molecule has 0 aliphatic heterocycles. The molecule has 0 aliphatic carbocycles. The maximum Gasteiger partial charge on any atom is 0.190 e. The molecule has 0 fully saturated rings. The summed E-state index contributed by atoms with van der Waals surface area (Å²) in [5, 5.41) is 4.31. The van der Waals surface area contributed by atoms with Crippen LogP contribution in [0.15, 0.2) is 24.3 Å². The van der Waals surface area contributed by atoms with Crippen LogP contribution in [0, 0.1) is 6.92 Å². The highest BCUT2D eigenvalue weighted by molar-refractivity contribution is 7.15. The summed E-state index contributed by atoms with van der Waals surface area (Å²) in [7, 11) is 4.07. The molecule has 4 heteroatoms. The van der Waals surface area contributed by atoms with Crippen LogP contribution in [0.5, 0.6) is 0 Å². The molecule has 0 saturated heterocycles. The number of hydrogen-bond acceptors (Lipinski definition) is 4. The van der Waals surface area contributed by atoms with Gasteiger partial charge < -0.3 is 10.2 Å². The van der Waals surface area contributed by atoms with Crippen molar-refractivity contribution in [2.75, 3.05) is 19.0 Å². The Morgan fingerprint density at radius 3 is 2.55 bits per heavy atom. The summed E-state index contributed by atoms with van der Waals surface area (Å²) in [5.74, 6) is 0. The largest absolute Gasteiger partial charge is 0.321 e. The van der Waals surface area contributed by atoms with Gasteiger partial charge in [0.2, 0.25) is 0 Å². The first-order chi connectivity index (χ1) is 9.65. The van der Waals surface area contributed by atoms with Crippen LogP contribution in [0.3, 0.4) is 0 Å². The first-order valence-corrected chi connectivity index (χ1v) is 7.91. The van der Waals surface area contributed by atoms with E-state index >= 15 is 0 Å². The predicted octanol–water partition coefficient (Wildman–Crippen LogP) is 3.89. The topological polar surface area (TPSA) is 28.2 Å². The molecule has 2 aromatic rings. The van der Waals surface area contributed by atoms with E-state index in [1.165, 1.54) is 21.8 Å². The highest BCUT2D eigenvalue weighted by Crippen LogP contribution is 2.31.